The Morgan fingerprint density at radius 3 is 2.58 bits per heavy atom. The zero-order chi connectivity index (χ0) is 28.4. The molecule has 1 atom stereocenters. The zero-order valence-corrected chi connectivity index (χ0v) is 21.2. The van der Waals surface area contributed by atoms with E-state index < -0.39 is 35.6 Å². The fourth-order valence-corrected chi connectivity index (χ4v) is 4.60. The van der Waals surface area contributed by atoms with Gasteiger partial charge in [-0.15, -0.1) is 0 Å². The number of imide groups is 1. The first-order valence-electron chi connectivity index (χ1n) is 12.2. The number of benzene rings is 3. The maximum atomic E-state index is 13.8. The van der Waals surface area contributed by atoms with E-state index in [9.17, 15) is 28.0 Å². The van der Waals surface area contributed by atoms with Gasteiger partial charge in [-0.1, -0.05) is 18.2 Å². The Kier molecular flexibility index (Phi) is 7.32. The van der Waals surface area contributed by atoms with Crippen LogP contribution in [0, 0.1) is 11.6 Å². The van der Waals surface area contributed by atoms with E-state index in [-0.39, 0.29) is 54.7 Å². The van der Waals surface area contributed by atoms with Crippen LogP contribution < -0.4 is 20.1 Å². The molecule has 0 bridgehead atoms. The monoisotopic (exact) mass is 551 g/mol. The van der Waals surface area contributed by atoms with Gasteiger partial charge < -0.3 is 19.1 Å². The molecule has 0 saturated carbocycles. The summed E-state index contributed by atoms with van der Waals surface area (Å²) in [5.41, 5.74) is 1.72. The van der Waals surface area contributed by atoms with E-state index in [1.807, 2.05) is 0 Å². The Morgan fingerprint density at radius 2 is 1.85 bits per heavy atom. The van der Waals surface area contributed by atoms with Crippen LogP contribution in [-0.2, 0) is 27.5 Å². The van der Waals surface area contributed by atoms with E-state index >= 15 is 0 Å². The Morgan fingerprint density at radius 1 is 1.07 bits per heavy atom. The normalized spacial score (nSPS) is 16.3. The lowest BCUT2D eigenvalue weighted by Crippen LogP contribution is -2.52. The molecule has 2 aliphatic heterocycles. The van der Waals surface area contributed by atoms with Gasteiger partial charge in [0.1, 0.15) is 24.1 Å². The summed E-state index contributed by atoms with van der Waals surface area (Å²) >= 11 is 0. The molecule has 1 unspecified atom stereocenters. The fraction of sp³-hybridized carbons (Fsp3) is 0.214. The second-order valence-corrected chi connectivity index (χ2v) is 9.07. The van der Waals surface area contributed by atoms with Crippen molar-refractivity contribution >= 4 is 29.5 Å². The Bertz CT molecular complexity index is 1510. The molecule has 1 fully saturated rings. The van der Waals surface area contributed by atoms with Crippen molar-refractivity contribution in [1.82, 2.24) is 10.2 Å². The van der Waals surface area contributed by atoms with Crippen LogP contribution in [0.15, 0.2) is 54.6 Å². The third-order valence-corrected chi connectivity index (χ3v) is 6.53. The molecule has 1 saturated heterocycles. The van der Waals surface area contributed by atoms with Gasteiger partial charge >= 0.3 is 6.09 Å². The number of carbonyl (C=O) groups is 4. The number of rotatable bonds is 7. The molecule has 0 aliphatic carbocycles. The van der Waals surface area contributed by atoms with Gasteiger partial charge in [-0.25, -0.2) is 9.18 Å². The predicted molar refractivity (Wildman–Crippen MR) is 136 cm³/mol. The van der Waals surface area contributed by atoms with Crippen molar-refractivity contribution in [1.29, 1.82) is 0 Å². The number of anilines is 1. The van der Waals surface area contributed by atoms with Gasteiger partial charge in [0.05, 0.1) is 12.7 Å². The van der Waals surface area contributed by atoms with E-state index in [0.29, 0.717) is 16.8 Å². The van der Waals surface area contributed by atoms with Crippen molar-refractivity contribution in [2.75, 3.05) is 12.4 Å². The summed E-state index contributed by atoms with van der Waals surface area (Å²) in [6.45, 7) is -0.0297. The topological polar surface area (TPSA) is 123 Å². The summed E-state index contributed by atoms with van der Waals surface area (Å²) in [5, 5.41) is 4.80. The van der Waals surface area contributed by atoms with Crippen molar-refractivity contribution < 1.29 is 42.2 Å². The van der Waals surface area contributed by atoms with Crippen LogP contribution in [0.25, 0.3) is 0 Å². The van der Waals surface area contributed by atoms with Crippen molar-refractivity contribution in [3.63, 3.8) is 0 Å². The number of fused-ring (bicyclic) bond motifs is 1. The molecule has 10 nitrogen and oxygen atoms in total. The van der Waals surface area contributed by atoms with Crippen molar-refractivity contribution in [2.45, 2.75) is 32.0 Å². The molecule has 0 aromatic heterocycles. The van der Waals surface area contributed by atoms with Crippen LogP contribution in [0.1, 0.15) is 34.3 Å². The molecule has 5 rings (SSSR count). The summed E-state index contributed by atoms with van der Waals surface area (Å²) in [7, 11) is 1.39. The number of carbonyl (C=O) groups excluding carboxylic acids is 4. The molecule has 2 aliphatic rings. The summed E-state index contributed by atoms with van der Waals surface area (Å²) in [4.78, 5) is 50.8. The number of hydrogen-bond donors (Lipinski definition) is 2. The molecule has 3 aromatic carbocycles. The first kappa shape index (κ1) is 26.6. The highest BCUT2D eigenvalue weighted by Gasteiger charge is 2.41. The number of methoxy groups -OCH3 is 1. The molecule has 2 N–H and O–H groups in total. The van der Waals surface area contributed by atoms with Crippen LogP contribution in [0.5, 0.6) is 17.2 Å². The Labute approximate surface area is 226 Å². The van der Waals surface area contributed by atoms with Crippen molar-refractivity contribution in [3.8, 4) is 17.2 Å². The highest BCUT2D eigenvalue weighted by molar-refractivity contribution is 6.06. The number of ether oxygens (including phenoxy) is 3. The van der Waals surface area contributed by atoms with E-state index in [0.717, 1.165) is 6.07 Å². The lowest BCUT2D eigenvalue weighted by atomic mass is 10.0. The quantitative estimate of drug-likeness (QED) is 0.421. The third kappa shape index (κ3) is 5.28. The first-order chi connectivity index (χ1) is 19.2. The standard InChI is InChI=1S/C28H23F2N3O7/c1-38-25-16(6-5-15-13-33(27(36)23(15)25)20-11-12-22(34)32-26(20)35)14-39-28(37)31-17-7-9-18(10-8-17)40-21-4-2-3-19(29)24(21)30/h2-10,20H,11-14H2,1H3,(H,31,37)(H,32,34,35). The van der Waals surface area contributed by atoms with E-state index in [1.54, 1.807) is 12.1 Å². The Balaban J connectivity index is 1.21. The lowest BCUT2D eigenvalue weighted by molar-refractivity contribution is -0.136. The third-order valence-electron chi connectivity index (χ3n) is 6.53. The van der Waals surface area contributed by atoms with Gasteiger partial charge in [0.2, 0.25) is 17.6 Å². The van der Waals surface area contributed by atoms with Gasteiger partial charge in [0.15, 0.2) is 11.6 Å². The molecular weight excluding hydrogens is 528 g/mol. The fourth-order valence-electron chi connectivity index (χ4n) is 4.60. The molecule has 4 amide bonds. The zero-order valence-electron chi connectivity index (χ0n) is 21.2. The van der Waals surface area contributed by atoms with Crippen LogP contribution in [-0.4, -0.2) is 41.9 Å². The minimum atomic E-state index is -1.11. The van der Waals surface area contributed by atoms with Gasteiger partial charge in [-0.05, 0) is 48.4 Å². The van der Waals surface area contributed by atoms with Gasteiger partial charge in [0.25, 0.3) is 5.91 Å². The van der Waals surface area contributed by atoms with Gasteiger partial charge in [-0.2, -0.15) is 4.39 Å². The van der Waals surface area contributed by atoms with E-state index in [1.165, 1.54) is 48.4 Å². The lowest BCUT2D eigenvalue weighted by Gasteiger charge is -2.29. The predicted octanol–water partition coefficient (Wildman–Crippen LogP) is 4.28. The summed E-state index contributed by atoms with van der Waals surface area (Å²) in [6.07, 6.45) is -0.412. The van der Waals surface area contributed by atoms with Crippen molar-refractivity contribution in [2.24, 2.45) is 0 Å². The molecule has 2 heterocycles. The second-order valence-electron chi connectivity index (χ2n) is 9.07. The smallest absolute Gasteiger partial charge is 0.411 e. The number of hydrogen-bond acceptors (Lipinski definition) is 7. The largest absolute Gasteiger partial charge is 0.495 e. The van der Waals surface area contributed by atoms with E-state index in [4.69, 9.17) is 14.2 Å². The number of nitrogens with one attached hydrogen (secondary N) is 2. The number of halogens is 2. The van der Waals surface area contributed by atoms with Crippen LogP contribution in [0.3, 0.4) is 0 Å². The maximum absolute atomic E-state index is 13.8. The van der Waals surface area contributed by atoms with Gasteiger partial charge in [0, 0.05) is 24.2 Å². The molecular formula is C28H23F2N3O7. The molecule has 3 aromatic rings. The highest BCUT2D eigenvalue weighted by Crippen LogP contribution is 2.36. The first-order valence-corrected chi connectivity index (χ1v) is 12.2. The molecule has 12 heteroatoms. The molecule has 206 valence electrons. The number of nitrogens with zero attached hydrogens (tertiary/aromatic N) is 1. The molecule has 40 heavy (non-hydrogen) atoms. The molecule has 0 spiro atoms. The highest BCUT2D eigenvalue weighted by atomic mass is 19.2. The van der Waals surface area contributed by atoms with Crippen LogP contribution in [0.4, 0.5) is 19.3 Å². The minimum absolute atomic E-state index is 0.142. The average molecular weight is 552 g/mol. The van der Waals surface area contributed by atoms with E-state index in [2.05, 4.69) is 10.6 Å². The maximum Gasteiger partial charge on any atom is 0.411 e. The average Bonchev–Trinajstić information content (AvgIpc) is 3.27. The van der Waals surface area contributed by atoms with Crippen LogP contribution in [0.2, 0.25) is 0 Å². The number of amides is 4. The Hall–Kier alpha value is -5.00. The summed E-state index contributed by atoms with van der Waals surface area (Å²) in [5.74, 6) is -3.26. The SMILES string of the molecule is COc1c(COC(=O)Nc2ccc(Oc3cccc(F)c3F)cc2)ccc2c1C(=O)N(C1CCC(=O)NC1=O)C2. The van der Waals surface area contributed by atoms with Crippen molar-refractivity contribution in [3.05, 3.63) is 82.9 Å². The number of piperidine rings is 1. The van der Waals surface area contributed by atoms with Gasteiger partial charge in [-0.3, -0.25) is 25.0 Å². The molecule has 0 radical (unpaired) electrons. The minimum Gasteiger partial charge on any atom is -0.495 e. The van der Waals surface area contributed by atoms with Crippen LogP contribution >= 0.6 is 0 Å². The second kappa shape index (κ2) is 11.0. The summed E-state index contributed by atoms with van der Waals surface area (Å²) < 4.78 is 43.3. The summed E-state index contributed by atoms with van der Waals surface area (Å²) in [6, 6.07) is 12.1.